The van der Waals surface area contributed by atoms with Crippen LogP contribution in [0.25, 0.3) is 0 Å². The summed E-state index contributed by atoms with van der Waals surface area (Å²) in [4.78, 5) is 11.9. The second-order valence-corrected chi connectivity index (χ2v) is 6.90. The summed E-state index contributed by atoms with van der Waals surface area (Å²) in [5.41, 5.74) is 1.22. The fourth-order valence-electron chi connectivity index (χ4n) is 2.69. The van der Waals surface area contributed by atoms with E-state index in [1.54, 1.807) is 7.11 Å². The minimum absolute atomic E-state index is 0.0300. The van der Waals surface area contributed by atoms with Crippen LogP contribution in [0.3, 0.4) is 0 Å². The van der Waals surface area contributed by atoms with E-state index in [4.69, 9.17) is 9.47 Å². The molecule has 1 atom stereocenters. The number of amides is 1. The lowest BCUT2D eigenvalue weighted by Crippen LogP contribution is -2.33. The van der Waals surface area contributed by atoms with Gasteiger partial charge >= 0.3 is 6.09 Å². The van der Waals surface area contributed by atoms with E-state index in [1.807, 2.05) is 39.0 Å². The molecule has 1 aromatic rings. The molecule has 0 saturated carbocycles. The first-order valence-corrected chi connectivity index (χ1v) is 7.67. The number of methoxy groups -OCH3 is 1. The molecule has 5 nitrogen and oxygen atoms in total. The quantitative estimate of drug-likeness (QED) is 0.895. The summed E-state index contributed by atoms with van der Waals surface area (Å²) >= 11 is 0. The van der Waals surface area contributed by atoms with Crippen LogP contribution in [0.15, 0.2) is 18.2 Å². The summed E-state index contributed by atoms with van der Waals surface area (Å²) in [7, 11) is 1.60. The Hall–Kier alpha value is -1.75. The lowest BCUT2D eigenvalue weighted by atomic mass is 9.90. The molecule has 1 unspecified atom stereocenters. The van der Waals surface area contributed by atoms with Crippen LogP contribution in [0, 0.1) is 0 Å². The second kappa shape index (κ2) is 6.16. The highest BCUT2D eigenvalue weighted by molar-refractivity contribution is 5.87. The summed E-state index contributed by atoms with van der Waals surface area (Å²) in [6.45, 7) is 8.71. The van der Waals surface area contributed by atoms with Crippen molar-refractivity contribution in [1.82, 2.24) is 5.32 Å². The summed E-state index contributed by atoms with van der Waals surface area (Å²) in [6, 6.07) is 5.86. The Bertz CT molecular complexity index is 543. The van der Waals surface area contributed by atoms with Crippen LogP contribution in [-0.4, -0.2) is 25.3 Å². The van der Waals surface area contributed by atoms with Crippen molar-refractivity contribution in [2.45, 2.75) is 51.7 Å². The number of benzene rings is 1. The minimum atomic E-state index is -0.529. The molecule has 0 radical (unpaired) electrons. The first-order chi connectivity index (χ1) is 10.2. The van der Waals surface area contributed by atoms with E-state index in [2.05, 4.69) is 17.6 Å². The molecule has 1 amide bonds. The van der Waals surface area contributed by atoms with Gasteiger partial charge in [-0.25, -0.2) is 4.79 Å². The van der Waals surface area contributed by atoms with Crippen LogP contribution < -0.4 is 15.4 Å². The zero-order valence-electron chi connectivity index (χ0n) is 14.1. The first kappa shape index (κ1) is 16.6. The fourth-order valence-corrected chi connectivity index (χ4v) is 2.69. The van der Waals surface area contributed by atoms with Gasteiger partial charge in [0.05, 0.1) is 12.8 Å². The SMILES string of the molecule is COc1cc(C2(C)CCCN2)ccc1NC(=O)OC(C)(C)C. The van der Waals surface area contributed by atoms with Crippen molar-refractivity contribution in [3.05, 3.63) is 23.8 Å². The van der Waals surface area contributed by atoms with Gasteiger partial charge in [0.15, 0.2) is 0 Å². The Kier molecular flexibility index (Phi) is 4.66. The molecule has 1 aliphatic heterocycles. The highest BCUT2D eigenvalue weighted by Crippen LogP contribution is 2.35. The highest BCUT2D eigenvalue weighted by atomic mass is 16.6. The third-order valence-electron chi connectivity index (χ3n) is 3.84. The van der Waals surface area contributed by atoms with Gasteiger partial charge in [-0.05, 0) is 64.8 Å². The molecule has 2 rings (SSSR count). The van der Waals surface area contributed by atoms with Gasteiger partial charge in [0.2, 0.25) is 0 Å². The third kappa shape index (κ3) is 3.91. The molecule has 2 N–H and O–H groups in total. The maximum Gasteiger partial charge on any atom is 0.412 e. The summed E-state index contributed by atoms with van der Waals surface area (Å²) < 4.78 is 10.7. The van der Waals surface area contributed by atoms with Gasteiger partial charge in [-0.3, -0.25) is 5.32 Å². The van der Waals surface area contributed by atoms with Gasteiger partial charge in [-0.2, -0.15) is 0 Å². The number of hydrogen-bond donors (Lipinski definition) is 2. The van der Waals surface area contributed by atoms with E-state index >= 15 is 0 Å². The van der Waals surface area contributed by atoms with Gasteiger partial charge in [0.25, 0.3) is 0 Å². The van der Waals surface area contributed by atoms with Gasteiger partial charge in [0.1, 0.15) is 11.4 Å². The Morgan fingerprint density at radius 1 is 1.36 bits per heavy atom. The van der Waals surface area contributed by atoms with Crippen molar-refractivity contribution in [2.24, 2.45) is 0 Å². The number of carbonyl (C=O) groups excluding carboxylic acids is 1. The predicted molar refractivity (Wildman–Crippen MR) is 87.4 cm³/mol. The number of carbonyl (C=O) groups is 1. The standard InChI is InChI=1S/C17H26N2O3/c1-16(2,3)22-15(20)19-13-8-7-12(11-14(13)21-5)17(4)9-6-10-18-17/h7-8,11,18H,6,9-10H2,1-5H3,(H,19,20). The van der Waals surface area contributed by atoms with E-state index < -0.39 is 11.7 Å². The second-order valence-electron chi connectivity index (χ2n) is 6.90. The lowest BCUT2D eigenvalue weighted by Gasteiger charge is -2.26. The monoisotopic (exact) mass is 306 g/mol. The van der Waals surface area contributed by atoms with E-state index in [1.165, 1.54) is 0 Å². The number of rotatable bonds is 3. The van der Waals surface area contributed by atoms with Crippen molar-refractivity contribution < 1.29 is 14.3 Å². The van der Waals surface area contributed by atoms with Crippen molar-refractivity contribution in [1.29, 1.82) is 0 Å². The molecule has 0 aromatic heterocycles. The summed E-state index contributed by atoms with van der Waals surface area (Å²) in [6.07, 6.45) is 1.77. The summed E-state index contributed by atoms with van der Waals surface area (Å²) in [5, 5.41) is 6.27. The Morgan fingerprint density at radius 3 is 2.64 bits per heavy atom. The van der Waals surface area contributed by atoms with E-state index in [0.29, 0.717) is 11.4 Å². The topological polar surface area (TPSA) is 59.6 Å². The molecule has 0 aliphatic carbocycles. The van der Waals surface area contributed by atoms with E-state index in [9.17, 15) is 4.79 Å². The molecule has 1 heterocycles. The molecule has 5 heteroatoms. The van der Waals surface area contributed by atoms with Gasteiger partial charge in [0, 0.05) is 5.54 Å². The van der Waals surface area contributed by atoms with E-state index in [0.717, 1.165) is 24.9 Å². The molecule has 1 aromatic carbocycles. The van der Waals surface area contributed by atoms with Crippen molar-refractivity contribution in [2.75, 3.05) is 19.0 Å². The van der Waals surface area contributed by atoms with Crippen LogP contribution in [0.4, 0.5) is 10.5 Å². The average Bonchev–Trinajstić information content (AvgIpc) is 2.85. The number of anilines is 1. The molecule has 1 fully saturated rings. The van der Waals surface area contributed by atoms with Crippen molar-refractivity contribution in [3.8, 4) is 5.75 Å². The minimum Gasteiger partial charge on any atom is -0.495 e. The molecule has 22 heavy (non-hydrogen) atoms. The summed E-state index contributed by atoms with van der Waals surface area (Å²) in [5.74, 6) is 0.637. The normalized spacial score (nSPS) is 21.5. The Labute approximate surface area is 132 Å². The molecular weight excluding hydrogens is 280 g/mol. The zero-order valence-corrected chi connectivity index (χ0v) is 14.1. The van der Waals surface area contributed by atoms with Crippen LogP contribution in [0.1, 0.15) is 46.1 Å². The van der Waals surface area contributed by atoms with Crippen molar-refractivity contribution >= 4 is 11.8 Å². The van der Waals surface area contributed by atoms with Gasteiger partial charge < -0.3 is 14.8 Å². The largest absolute Gasteiger partial charge is 0.495 e. The number of hydrogen-bond acceptors (Lipinski definition) is 4. The molecular formula is C17H26N2O3. The Morgan fingerprint density at radius 2 is 2.09 bits per heavy atom. The zero-order chi connectivity index (χ0) is 16.4. The molecule has 122 valence electrons. The van der Waals surface area contributed by atoms with E-state index in [-0.39, 0.29) is 5.54 Å². The first-order valence-electron chi connectivity index (χ1n) is 7.67. The predicted octanol–water partition coefficient (Wildman–Crippen LogP) is 3.64. The maximum atomic E-state index is 11.9. The van der Waals surface area contributed by atoms with Gasteiger partial charge in [-0.15, -0.1) is 0 Å². The highest BCUT2D eigenvalue weighted by Gasteiger charge is 2.30. The maximum absolute atomic E-state index is 11.9. The fraction of sp³-hybridized carbons (Fsp3) is 0.588. The van der Waals surface area contributed by atoms with Crippen LogP contribution in [0.2, 0.25) is 0 Å². The molecule has 1 saturated heterocycles. The van der Waals surface area contributed by atoms with Gasteiger partial charge in [-0.1, -0.05) is 6.07 Å². The van der Waals surface area contributed by atoms with Crippen LogP contribution >= 0.6 is 0 Å². The lowest BCUT2D eigenvalue weighted by molar-refractivity contribution is 0.0635. The molecule has 0 bridgehead atoms. The average molecular weight is 306 g/mol. The van der Waals surface area contributed by atoms with Crippen LogP contribution in [0.5, 0.6) is 5.75 Å². The van der Waals surface area contributed by atoms with Crippen molar-refractivity contribution in [3.63, 3.8) is 0 Å². The molecule has 1 aliphatic rings. The Balaban J connectivity index is 2.18. The van der Waals surface area contributed by atoms with Crippen LogP contribution in [-0.2, 0) is 10.3 Å². The smallest absolute Gasteiger partial charge is 0.412 e. The molecule has 0 spiro atoms. The number of ether oxygens (including phenoxy) is 2. The number of nitrogens with one attached hydrogen (secondary N) is 2. The third-order valence-corrected chi connectivity index (χ3v) is 3.84.